The third kappa shape index (κ3) is 2.45. The van der Waals surface area contributed by atoms with Gasteiger partial charge in [0, 0.05) is 17.9 Å². The standard InChI is InChI=1S/C15H17NO3S/c1-9(2)20-13-12(14(17)16(3)15(13)18)10-7-5-6-8-11(10)19-4/h5-9H,1-4H3. The molecular weight excluding hydrogens is 274 g/mol. The number of hydrogen-bond acceptors (Lipinski definition) is 4. The summed E-state index contributed by atoms with van der Waals surface area (Å²) in [4.78, 5) is 26.2. The first-order valence-corrected chi connectivity index (χ1v) is 7.22. The van der Waals surface area contributed by atoms with Crippen molar-refractivity contribution in [3.8, 4) is 5.75 Å². The van der Waals surface area contributed by atoms with Gasteiger partial charge in [0.05, 0.1) is 17.6 Å². The maximum atomic E-state index is 12.4. The van der Waals surface area contributed by atoms with Crippen LogP contribution in [0.5, 0.6) is 5.75 Å². The highest BCUT2D eigenvalue weighted by atomic mass is 32.2. The Labute approximate surface area is 122 Å². The van der Waals surface area contributed by atoms with Crippen molar-refractivity contribution >= 4 is 29.1 Å². The van der Waals surface area contributed by atoms with E-state index >= 15 is 0 Å². The molecule has 20 heavy (non-hydrogen) atoms. The van der Waals surface area contributed by atoms with Crippen molar-refractivity contribution in [1.82, 2.24) is 4.90 Å². The van der Waals surface area contributed by atoms with Gasteiger partial charge in [-0.2, -0.15) is 0 Å². The lowest BCUT2D eigenvalue weighted by Crippen LogP contribution is -2.26. The predicted octanol–water partition coefficient (Wildman–Crippen LogP) is 2.55. The number of carbonyl (C=O) groups excluding carboxylic acids is 2. The summed E-state index contributed by atoms with van der Waals surface area (Å²) in [7, 11) is 3.06. The molecular formula is C15H17NO3S. The summed E-state index contributed by atoms with van der Waals surface area (Å²) in [6, 6.07) is 7.26. The van der Waals surface area contributed by atoms with Gasteiger partial charge in [-0.25, -0.2) is 0 Å². The fourth-order valence-electron chi connectivity index (χ4n) is 2.05. The molecule has 0 fully saturated rings. The highest BCUT2D eigenvalue weighted by molar-refractivity contribution is 8.04. The molecule has 0 saturated carbocycles. The van der Waals surface area contributed by atoms with Crippen LogP contribution in [-0.4, -0.2) is 36.1 Å². The van der Waals surface area contributed by atoms with Crippen LogP contribution in [0.4, 0.5) is 0 Å². The summed E-state index contributed by atoms with van der Waals surface area (Å²) in [5.41, 5.74) is 1.11. The topological polar surface area (TPSA) is 46.6 Å². The van der Waals surface area contributed by atoms with E-state index in [9.17, 15) is 9.59 Å². The number of thioether (sulfide) groups is 1. The average molecular weight is 291 g/mol. The number of benzene rings is 1. The summed E-state index contributed by atoms with van der Waals surface area (Å²) in [5, 5.41) is 0.220. The lowest BCUT2D eigenvalue weighted by molar-refractivity contribution is -0.134. The Morgan fingerprint density at radius 1 is 1.15 bits per heavy atom. The van der Waals surface area contributed by atoms with E-state index in [1.165, 1.54) is 18.8 Å². The largest absolute Gasteiger partial charge is 0.496 e. The number of methoxy groups -OCH3 is 1. The van der Waals surface area contributed by atoms with Crippen LogP contribution in [0.1, 0.15) is 19.4 Å². The molecule has 5 heteroatoms. The molecule has 0 saturated heterocycles. The zero-order valence-corrected chi connectivity index (χ0v) is 12.8. The molecule has 0 aromatic heterocycles. The number of hydrogen-bond donors (Lipinski definition) is 0. The van der Waals surface area contributed by atoms with Crippen LogP contribution in [0.15, 0.2) is 29.2 Å². The van der Waals surface area contributed by atoms with Gasteiger partial charge in [-0.3, -0.25) is 14.5 Å². The summed E-state index contributed by atoms with van der Waals surface area (Å²) >= 11 is 1.41. The van der Waals surface area contributed by atoms with Crippen LogP contribution in [0.3, 0.4) is 0 Å². The van der Waals surface area contributed by atoms with Gasteiger partial charge in [0.1, 0.15) is 5.75 Å². The van der Waals surface area contributed by atoms with Crippen LogP contribution in [0.2, 0.25) is 0 Å². The first-order chi connectivity index (χ1) is 9.47. The molecule has 0 aliphatic carbocycles. The fourth-order valence-corrected chi connectivity index (χ4v) is 3.07. The van der Waals surface area contributed by atoms with Crippen molar-refractivity contribution in [3.05, 3.63) is 34.7 Å². The van der Waals surface area contributed by atoms with Gasteiger partial charge in [0.15, 0.2) is 0 Å². The molecule has 1 aliphatic rings. The molecule has 2 rings (SSSR count). The first kappa shape index (κ1) is 14.7. The van der Waals surface area contributed by atoms with Gasteiger partial charge in [0.25, 0.3) is 11.8 Å². The van der Waals surface area contributed by atoms with Gasteiger partial charge < -0.3 is 4.74 Å². The zero-order valence-electron chi connectivity index (χ0n) is 12.0. The van der Waals surface area contributed by atoms with E-state index in [0.717, 1.165) is 4.90 Å². The molecule has 0 spiro atoms. The Morgan fingerprint density at radius 2 is 1.80 bits per heavy atom. The Balaban J connectivity index is 2.61. The molecule has 1 aromatic rings. The van der Waals surface area contributed by atoms with Gasteiger partial charge in [0.2, 0.25) is 0 Å². The predicted molar refractivity (Wildman–Crippen MR) is 80.4 cm³/mol. The molecule has 1 heterocycles. The van der Waals surface area contributed by atoms with Crippen LogP contribution >= 0.6 is 11.8 Å². The van der Waals surface area contributed by atoms with Crippen LogP contribution in [0, 0.1) is 0 Å². The normalized spacial score (nSPS) is 15.6. The number of rotatable bonds is 4. The van der Waals surface area contributed by atoms with Crippen LogP contribution < -0.4 is 4.74 Å². The van der Waals surface area contributed by atoms with E-state index in [1.807, 2.05) is 26.0 Å². The number of ether oxygens (including phenoxy) is 1. The van der Waals surface area contributed by atoms with Crippen LogP contribution in [-0.2, 0) is 9.59 Å². The highest BCUT2D eigenvalue weighted by Gasteiger charge is 2.38. The summed E-state index contributed by atoms with van der Waals surface area (Å²) in [5.74, 6) is 0.0815. The smallest absolute Gasteiger partial charge is 0.267 e. The number of imide groups is 1. The lowest BCUT2D eigenvalue weighted by Gasteiger charge is -2.10. The molecule has 0 radical (unpaired) electrons. The molecule has 1 aliphatic heterocycles. The Bertz CT molecular complexity index is 593. The van der Waals surface area contributed by atoms with Gasteiger partial charge in [-0.1, -0.05) is 32.0 Å². The molecule has 0 unspecified atom stereocenters. The second kappa shape index (κ2) is 5.71. The Morgan fingerprint density at radius 3 is 2.40 bits per heavy atom. The Hall–Kier alpha value is -1.75. The highest BCUT2D eigenvalue weighted by Crippen LogP contribution is 2.39. The molecule has 0 atom stereocenters. The number of amides is 2. The summed E-state index contributed by atoms with van der Waals surface area (Å²) in [6.45, 7) is 3.99. The Kier molecular flexibility index (Phi) is 4.18. The van der Waals surface area contributed by atoms with E-state index in [0.29, 0.717) is 21.8 Å². The van der Waals surface area contributed by atoms with Crippen molar-refractivity contribution < 1.29 is 14.3 Å². The van der Waals surface area contributed by atoms with E-state index in [4.69, 9.17) is 4.74 Å². The van der Waals surface area contributed by atoms with Crippen LogP contribution in [0.25, 0.3) is 5.57 Å². The van der Waals surface area contributed by atoms with Gasteiger partial charge >= 0.3 is 0 Å². The van der Waals surface area contributed by atoms with E-state index in [2.05, 4.69) is 0 Å². The van der Waals surface area contributed by atoms with E-state index in [-0.39, 0.29) is 17.1 Å². The third-order valence-corrected chi connectivity index (χ3v) is 4.06. The van der Waals surface area contributed by atoms with Crippen molar-refractivity contribution in [3.63, 3.8) is 0 Å². The summed E-state index contributed by atoms with van der Waals surface area (Å²) in [6.07, 6.45) is 0. The van der Waals surface area contributed by atoms with Gasteiger partial charge in [-0.05, 0) is 6.07 Å². The monoisotopic (exact) mass is 291 g/mol. The average Bonchev–Trinajstić information content (AvgIpc) is 2.63. The zero-order chi connectivity index (χ0) is 14.9. The molecule has 1 aromatic carbocycles. The third-order valence-electron chi connectivity index (χ3n) is 2.97. The second-order valence-electron chi connectivity index (χ2n) is 4.74. The SMILES string of the molecule is COc1ccccc1C1=C(SC(C)C)C(=O)N(C)C1=O. The van der Waals surface area contributed by atoms with Crippen molar-refractivity contribution in [2.75, 3.05) is 14.2 Å². The quantitative estimate of drug-likeness (QED) is 0.800. The lowest BCUT2D eigenvalue weighted by atomic mass is 10.1. The number of likely N-dealkylation sites (N-methyl/N-ethyl adjacent to an activating group) is 1. The molecule has 0 N–H and O–H groups in total. The number of para-hydroxylation sites is 1. The maximum Gasteiger partial charge on any atom is 0.267 e. The number of carbonyl (C=O) groups is 2. The number of nitrogens with zero attached hydrogens (tertiary/aromatic N) is 1. The maximum absolute atomic E-state index is 12.4. The van der Waals surface area contributed by atoms with Crippen molar-refractivity contribution in [2.24, 2.45) is 0 Å². The van der Waals surface area contributed by atoms with Crippen molar-refractivity contribution in [1.29, 1.82) is 0 Å². The molecule has 4 nitrogen and oxygen atoms in total. The minimum absolute atomic E-state index is 0.220. The first-order valence-electron chi connectivity index (χ1n) is 6.34. The van der Waals surface area contributed by atoms with E-state index in [1.54, 1.807) is 19.2 Å². The summed E-state index contributed by atoms with van der Waals surface area (Å²) < 4.78 is 5.30. The minimum Gasteiger partial charge on any atom is -0.496 e. The van der Waals surface area contributed by atoms with E-state index < -0.39 is 0 Å². The molecule has 0 bridgehead atoms. The van der Waals surface area contributed by atoms with Gasteiger partial charge in [-0.15, -0.1) is 11.8 Å². The molecule has 106 valence electrons. The molecule has 2 amide bonds. The minimum atomic E-state index is -0.275. The fraction of sp³-hybridized carbons (Fsp3) is 0.333. The second-order valence-corrected chi connectivity index (χ2v) is 6.33. The van der Waals surface area contributed by atoms with Crippen molar-refractivity contribution in [2.45, 2.75) is 19.1 Å².